The molecule has 0 saturated heterocycles. The van der Waals surface area contributed by atoms with Gasteiger partial charge in [-0.3, -0.25) is 0 Å². The van der Waals surface area contributed by atoms with Crippen LogP contribution in [0, 0.1) is 0 Å². The molecule has 0 saturated carbocycles. The lowest BCUT2D eigenvalue weighted by molar-refractivity contribution is 0.553. The van der Waals surface area contributed by atoms with E-state index in [9.17, 15) is 0 Å². The van der Waals surface area contributed by atoms with Gasteiger partial charge in [0.25, 0.3) is 0 Å². The molecule has 0 fully saturated rings. The second-order valence-electron chi connectivity index (χ2n) is 4.44. The van der Waals surface area contributed by atoms with Gasteiger partial charge < -0.3 is 9.73 Å². The predicted octanol–water partition coefficient (Wildman–Crippen LogP) is 2.68. The van der Waals surface area contributed by atoms with Crippen LogP contribution in [0.3, 0.4) is 0 Å². The van der Waals surface area contributed by atoms with Gasteiger partial charge >= 0.3 is 0 Å². The van der Waals surface area contributed by atoms with Gasteiger partial charge in [0.05, 0.1) is 0 Å². The molecule has 16 heavy (non-hydrogen) atoms. The van der Waals surface area contributed by atoms with Gasteiger partial charge in [-0.05, 0) is 43.1 Å². The summed E-state index contributed by atoms with van der Waals surface area (Å²) in [6.07, 6.45) is 3.18. The summed E-state index contributed by atoms with van der Waals surface area (Å²) in [5.41, 5.74) is 4.00. The van der Waals surface area contributed by atoms with Crippen molar-refractivity contribution >= 4 is 11.0 Å². The van der Waals surface area contributed by atoms with E-state index in [1.807, 2.05) is 0 Å². The van der Waals surface area contributed by atoms with Crippen molar-refractivity contribution in [3.63, 3.8) is 0 Å². The first-order valence-corrected chi connectivity index (χ1v) is 6.12. The van der Waals surface area contributed by atoms with Crippen molar-refractivity contribution in [2.45, 2.75) is 26.2 Å². The van der Waals surface area contributed by atoms with Crippen molar-refractivity contribution < 1.29 is 4.42 Å². The lowest BCUT2D eigenvalue weighted by Gasteiger charge is -2.04. The zero-order chi connectivity index (χ0) is 11.0. The van der Waals surface area contributed by atoms with E-state index in [0.29, 0.717) is 0 Å². The second-order valence-corrected chi connectivity index (χ2v) is 4.44. The molecule has 0 bridgehead atoms. The van der Waals surface area contributed by atoms with Crippen LogP contribution < -0.4 is 5.32 Å². The number of fused-ring (bicyclic) bond motifs is 3. The molecule has 1 N–H and O–H groups in total. The third-order valence-electron chi connectivity index (χ3n) is 3.41. The van der Waals surface area contributed by atoms with Crippen LogP contribution in [0.5, 0.6) is 0 Å². The fourth-order valence-corrected chi connectivity index (χ4v) is 2.50. The van der Waals surface area contributed by atoms with E-state index in [0.717, 1.165) is 43.7 Å². The molecular weight excluding hydrogens is 198 g/mol. The van der Waals surface area contributed by atoms with Crippen LogP contribution in [0.25, 0.3) is 11.0 Å². The van der Waals surface area contributed by atoms with Crippen LogP contribution in [-0.2, 0) is 19.3 Å². The summed E-state index contributed by atoms with van der Waals surface area (Å²) >= 11 is 0. The minimum absolute atomic E-state index is 0.974. The Kier molecular flexibility index (Phi) is 2.44. The summed E-state index contributed by atoms with van der Waals surface area (Å²) in [6.45, 7) is 4.28. The first-order valence-electron chi connectivity index (χ1n) is 6.12. The number of benzene rings is 1. The van der Waals surface area contributed by atoms with Crippen molar-refractivity contribution in [3.8, 4) is 0 Å². The SMILES string of the molecule is CCc1cc2ccc3c(c2o1)CCNCC3. The zero-order valence-corrected chi connectivity index (χ0v) is 9.68. The number of furan rings is 1. The lowest BCUT2D eigenvalue weighted by Crippen LogP contribution is -2.16. The Morgan fingerprint density at radius 1 is 1.25 bits per heavy atom. The quantitative estimate of drug-likeness (QED) is 0.791. The maximum atomic E-state index is 5.94. The van der Waals surface area contributed by atoms with Gasteiger partial charge in [-0.1, -0.05) is 19.1 Å². The van der Waals surface area contributed by atoms with E-state index in [1.54, 1.807) is 0 Å². The Hall–Kier alpha value is -1.28. The van der Waals surface area contributed by atoms with Gasteiger partial charge in [0, 0.05) is 11.8 Å². The molecular formula is C14H17NO. The summed E-state index contributed by atoms with van der Waals surface area (Å²) in [4.78, 5) is 0. The Bertz CT molecular complexity index is 513. The van der Waals surface area contributed by atoms with Gasteiger partial charge in [0.15, 0.2) is 0 Å². The minimum Gasteiger partial charge on any atom is -0.461 e. The van der Waals surface area contributed by atoms with E-state index < -0.39 is 0 Å². The van der Waals surface area contributed by atoms with Crippen molar-refractivity contribution in [2.75, 3.05) is 13.1 Å². The summed E-state index contributed by atoms with van der Waals surface area (Å²) in [7, 11) is 0. The van der Waals surface area contributed by atoms with Crippen molar-refractivity contribution in [3.05, 3.63) is 35.1 Å². The zero-order valence-electron chi connectivity index (χ0n) is 9.68. The average Bonchev–Trinajstić information content (AvgIpc) is 2.59. The molecule has 2 nitrogen and oxygen atoms in total. The van der Waals surface area contributed by atoms with Gasteiger partial charge in [-0.25, -0.2) is 0 Å². The Morgan fingerprint density at radius 3 is 3.00 bits per heavy atom. The van der Waals surface area contributed by atoms with E-state index in [4.69, 9.17) is 4.42 Å². The molecule has 0 radical (unpaired) electrons. The first-order chi connectivity index (χ1) is 7.88. The number of aryl methyl sites for hydroxylation is 1. The Morgan fingerprint density at radius 2 is 2.12 bits per heavy atom. The predicted molar refractivity (Wildman–Crippen MR) is 65.9 cm³/mol. The molecule has 3 rings (SSSR count). The standard InChI is InChI=1S/C14H17NO/c1-2-12-9-11-4-3-10-5-7-15-8-6-13(10)14(11)16-12/h3-4,9,15H,2,5-8H2,1H3. The molecule has 2 heterocycles. The third-order valence-corrected chi connectivity index (χ3v) is 3.41. The van der Waals surface area contributed by atoms with E-state index >= 15 is 0 Å². The van der Waals surface area contributed by atoms with Crippen LogP contribution in [0.1, 0.15) is 23.8 Å². The largest absolute Gasteiger partial charge is 0.461 e. The molecule has 0 aliphatic carbocycles. The molecule has 0 atom stereocenters. The number of nitrogens with one attached hydrogen (secondary N) is 1. The highest BCUT2D eigenvalue weighted by molar-refractivity contribution is 5.82. The summed E-state index contributed by atoms with van der Waals surface area (Å²) in [5.74, 6) is 1.10. The highest BCUT2D eigenvalue weighted by Crippen LogP contribution is 2.27. The van der Waals surface area contributed by atoms with Gasteiger partial charge in [-0.15, -0.1) is 0 Å². The summed E-state index contributed by atoms with van der Waals surface area (Å²) < 4.78 is 5.94. The van der Waals surface area contributed by atoms with Gasteiger partial charge in [0.2, 0.25) is 0 Å². The highest BCUT2D eigenvalue weighted by Gasteiger charge is 2.14. The normalized spacial score (nSPS) is 16.1. The second kappa shape index (κ2) is 3.95. The van der Waals surface area contributed by atoms with Crippen molar-refractivity contribution in [1.29, 1.82) is 0 Å². The summed E-state index contributed by atoms with van der Waals surface area (Å²) in [5, 5.41) is 4.70. The first kappa shape index (κ1) is 9.91. The average molecular weight is 215 g/mol. The fourth-order valence-electron chi connectivity index (χ4n) is 2.50. The van der Waals surface area contributed by atoms with Gasteiger partial charge in [-0.2, -0.15) is 0 Å². The monoisotopic (exact) mass is 215 g/mol. The van der Waals surface area contributed by atoms with Crippen molar-refractivity contribution in [2.24, 2.45) is 0 Å². The molecule has 0 unspecified atom stereocenters. The fraction of sp³-hybridized carbons (Fsp3) is 0.429. The van der Waals surface area contributed by atoms with Crippen LogP contribution in [0.4, 0.5) is 0 Å². The molecule has 1 aliphatic heterocycles. The Balaban J connectivity index is 2.20. The van der Waals surface area contributed by atoms with E-state index in [1.165, 1.54) is 16.5 Å². The molecule has 1 aliphatic rings. The number of rotatable bonds is 1. The van der Waals surface area contributed by atoms with Crippen LogP contribution in [0.15, 0.2) is 22.6 Å². The van der Waals surface area contributed by atoms with E-state index in [-0.39, 0.29) is 0 Å². The molecule has 0 spiro atoms. The molecule has 2 aromatic rings. The summed E-state index contributed by atoms with van der Waals surface area (Å²) in [6, 6.07) is 6.63. The minimum atomic E-state index is 0.974. The van der Waals surface area contributed by atoms with Crippen LogP contribution in [0.2, 0.25) is 0 Å². The smallest absolute Gasteiger partial charge is 0.137 e. The maximum absolute atomic E-state index is 5.94. The van der Waals surface area contributed by atoms with Crippen LogP contribution in [-0.4, -0.2) is 13.1 Å². The lowest BCUT2D eigenvalue weighted by atomic mass is 10.0. The Labute approximate surface area is 95.6 Å². The molecule has 2 heteroatoms. The molecule has 84 valence electrons. The topological polar surface area (TPSA) is 25.2 Å². The number of hydrogen-bond acceptors (Lipinski definition) is 2. The molecule has 1 aromatic carbocycles. The highest BCUT2D eigenvalue weighted by atomic mass is 16.3. The van der Waals surface area contributed by atoms with Gasteiger partial charge in [0.1, 0.15) is 11.3 Å². The number of hydrogen-bond donors (Lipinski definition) is 1. The van der Waals surface area contributed by atoms with Crippen molar-refractivity contribution in [1.82, 2.24) is 5.32 Å². The molecule has 1 aromatic heterocycles. The third kappa shape index (κ3) is 1.54. The maximum Gasteiger partial charge on any atom is 0.137 e. The molecule has 0 amide bonds. The van der Waals surface area contributed by atoms with Crippen LogP contribution >= 0.6 is 0 Å². The van der Waals surface area contributed by atoms with E-state index in [2.05, 4.69) is 30.4 Å².